The Labute approximate surface area is 141 Å². The van der Waals surface area contributed by atoms with Crippen LogP contribution in [0.2, 0.25) is 0 Å². The third-order valence-electron chi connectivity index (χ3n) is 4.32. The summed E-state index contributed by atoms with van der Waals surface area (Å²) in [5.74, 6) is 2.60. The summed E-state index contributed by atoms with van der Waals surface area (Å²) in [7, 11) is 0. The lowest BCUT2D eigenvalue weighted by Crippen LogP contribution is -2.47. The van der Waals surface area contributed by atoms with Crippen LogP contribution in [0.5, 0.6) is 11.5 Å². The summed E-state index contributed by atoms with van der Waals surface area (Å²) in [5.41, 5.74) is 5.79. The van der Waals surface area contributed by atoms with Crippen molar-refractivity contribution in [1.29, 1.82) is 0 Å². The van der Waals surface area contributed by atoms with Crippen molar-refractivity contribution in [3.05, 3.63) is 18.2 Å². The van der Waals surface area contributed by atoms with Gasteiger partial charge in [-0.15, -0.1) is 11.8 Å². The predicted molar refractivity (Wildman–Crippen MR) is 91.2 cm³/mol. The fraction of sp³-hybridized carbons (Fsp3) is 0.588. The monoisotopic (exact) mass is 336 g/mol. The van der Waals surface area contributed by atoms with Crippen LogP contribution in [0.4, 0.5) is 0 Å². The molecule has 1 unspecified atom stereocenters. The number of carbonyl (C=O) groups excluding carboxylic acids is 1. The van der Waals surface area contributed by atoms with Crippen LogP contribution >= 0.6 is 11.8 Å². The van der Waals surface area contributed by atoms with Crippen LogP contribution in [0, 0.1) is 0 Å². The minimum absolute atomic E-state index is 0.227. The summed E-state index contributed by atoms with van der Waals surface area (Å²) < 4.78 is 11.1. The summed E-state index contributed by atoms with van der Waals surface area (Å²) in [6.45, 7) is 2.62. The molecule has 0 aliphatic carbocycles. The van der Waals surface area contributed by atoms with Gasteiger partial charge in [0.15, 0.2) is 11.5 Å². The molecule has 6 heteroatoms. The summed E-state index contributed by atoms with van der Waals surface area (Å²) in [6.07, 6.45) is 3.86. The van der Waals surface area contributed by atoms with Crippen molar-refractivity contribution < 1.29 is 14.3 Å². The first-order valence-electron chi connectivity index (χ1n) is 8.30. The topological polar surface area (TPSA) is 64.8 Å². The van der Waals surface area contributed by atoms with Crippen LogP contribution in [-0.4, -0.2) is 48.9 Å². The van der Waals surface area contributed by atoms with Gasteiger partial charge in [0.1, 0.15) is 13.2 Å². The van der Waals surface area contributed by atoms with Gasteiger partial charge in [0.2, 0.25) is 5.91 Å². The van der Waals surface area contributed by atoms with Gasteiger partial charge in [-0.25, -0.2) is 0 Å². The molecule has 0 aromatic heterocycles. The molecule has 2 heterocycles. The molecule has 1 aromatic carbocycles. The molecule has 1 saturated heterocycles. The molecule has 0 saturated carbocycles. The van der Waals surface area contributed by atoms with E-state index < -0.39 is 0 Å². The van der Waals surface area contributed by atoms with Crippen molar-refractivity contribution in [2.75, 3.05) is 32.1 Å². The molecule has 1 fully saturated rings. The van der Waals surface area contributed by atoms with Crippen LogP contribution in [-0.2, 0) is 4.79 Å². The van der Waals surface area contributed by atoms with Crippen LogP contribution in [0.1, 0.15) is 25.7 Å². The highest BCUT2D eigenvalue weighted by Gasteiger charge is 2.25. The van der Waals surface area contributed by atoms with E-state index in [0.717, 1.165) is 41.5 Å². The maximum atomic E-state index is 12.4. The molecule has 126 valence electrons. The number of fused-ring (bicyclic) bond motifs is 1. The van der Waals surface area contributed by atoms with Crippen molar-refractivity contribution in [2.24, 2.45) is 5.73 Å². The van der Waals surface area contributed by atoms with E-state index >= 15 is 0 Å². The van der Waals surface area contributed by atoms with E-state index in [4.69, 9.17) is 15.2 Å². The van der Waals surface area contributed by atoms with E-state index in [0.29, 0.717) is 26.2 Å². The fourth-order valence-corrected chi connectivity index (χ4v) is 3.95. The number of nitrogens with zero attached hydrogens (tertiary/aromatic N) is 1. The highest BCUT2D eigenvalue weighted by atomic mass is 32.2. The van der Waals surface area contributed by atoms with Crippen LogP contribution in [0.15, 0.2) is 23.1 Å². The van der Waals surface area contributed by atoms with E-state index in [9.17, 15) is 4.79 Å². The van der Waals surface area contributed by atoms with E-state index in [1.165, 1.54) is 6.42 Å². The number of hydrogen-bond donors (Lipinski definition) is 1. The molecule has 5 nitrogen and oxygen atoms in total. The molecule has 3 rings (SSSR count). The average molecular weight is 336 g/mol. The van der Waals surface area contributed by atoms with E-state index in [1.54, 1.807) is 11.8 Å². The first-order valence-corrected chi connectivity index (χ1v) is 9.28. The fourth-order valence-electron chi connectivity index (χ4n) is 3.09. The molecule has 0 spiro atoms. The molecule has 0 bridgehead atoms. The number of ether oxygens (including phenoxy) is 2. The zero-order valence-electron chi connectivity index (χ0n) is 13.3. The standard InChI is InChI=1S/C17H24N2O3S/c18-12-13-3-1-2-7-19(13)17(20)6-10-23-14-4-5-15-16(11-14)22-9-8-21-15/h4-5,11,13H,1-3,6-10,12,18H2. The van der Waals surface area contributed by atoms with Crippen molar-refractivity contribution in [3.8, 4) is 11.5 Å². The molecule has 2 N–H and O–H groups in total. The second kappa shape index (κ2) is 7.93. The van der Waals surface area contributed by atoms with Crippen molar-refractivity contribution in [3.63, 3.8) is 0 Å². The number of benzene rings is 1. The second-order valence-electron chi connectivity index (χ2n) is 5.88. The zero-order valence-corrected chi connectivity index (χ0v) is 14.1. The van der Waals surface area contributed by atoms with Gasteiger partial charge in [-0.05, 0) is 37.5 Å². The Balaban J connectivity index is 1.50. The minimum Gasteiger partial charge on any atom is -0.486 e. The van der Waals surface area contributed by atoms with Gasteiger partial charge in [-0.1, -0.05) is 0 Å². The number of piperidine rings is 1. The molecule has 0 radical (unpaired) electrons. The Hall–Kier alpha value is -1.40. The Kier molecular flexibility index (Phi) is 5.67. The first kappa shape index (κ1) is 16.5. The van der Waals surface area contributed by atoms with Gasteiger partial charge in [0.05, 0.1) is 0 Å². The predicted octanol–water partition coefficient (Wildman–Crippen LogP) is 2.28. The van der Waals surface area contributed by atoms with Gasteiger partial charge in [-0.3, -0.25) is 4.79 Å². The van der Waals surface area contributed by atoms with Gasteiger partial charge >= 0.3 is 0 Å². The van der Waals surface area contributed by atoms with Gasteiger partial charge < -0.3 is 20.1 Å². The lowest BCUT2D eigenvalue weighted by Gasteiger charge is -2.35. The third-order valence-corrected chi connectivity index (χ3v) is 5.31. The van der Waals surface area contributed by atoms with E-state index in [-0.39, 0.29) is 11.9 Å². The molecule has 2 aliphatic rings. The number of rotatable bonds is 5. The quantitative estimate of drug-likeness (QED) is 0.836. The Morgan fingerprint density at radius 3 is 2.91 bits per heavy atom. The maximum absolute atomic E-state index is 12.4. The molecular weight excluding hydrogens is 312 g/mol. The van der Waals surface area contributed by atoms with Crippen LogP contribution in [0.3, 0.4) is 0 Å². The van der Waals surface area contributed by atoms with Crippen molar-refractivity contribution in [1.82, 2.24) is 4.90 Å². The lowest BCUT2D eigenvalue weighted by molar-refractivity contribution is -0.134. The Bertz CT molecular complexity index is 553. The summed E-state index contributed by atoms with van der Waals surface area (Å²) in [6, 6.07) is 6.18. The molecule has 1 amide bonds. The summed E-state index contributed by atoms with van der Waals surface area (Å²) in [4.78, 5) is 15.5. The average Bonchev–Trinajstić information content (AvgIpc) is 2.61. The Morgan fingerprint density at radius 1 is 1.26 bits per heavy atom. The number of nitrogens with two attached hydrogens (primary N) is 1. The third kappa shape index (κ3) is 4.12. The number of carbonyl (C=O) groups is 1. The normalized spacial score (nSPS) is 20.4. The van der Waals surface area contributed by atoms with Gasteiger partial charge in [0.25, 0.3) is 0 Å². The molecule has 23 heavy (non-hydrogen) atoms. The lowest BCUT2D eigenvalue weighted by atomic mass is 10.0. The largest absolute Gasteiger partial charge is 0.486 e. The molecular formula is C17H24N2O3S. The van der Waals surface area contributed by atoms with Crippen LogP contribution < -0.4 is 15.2 Å². The first-order chi connectivity index (χ1) is 11.3. The van der Waals surface area contributed by atoms with E-state index in [1.807, 2.05) is 23.1 Å². The molecule has 1 atom stereocenters. The SMILES string of the molecule is NCC1CCCCN1C(=O)CCSc1ccc2c(c1)OCCO2. The van der Waals surface area contributed by atoms with E-state index in [2.05, 4.69) is 0 Å². The van der Waals surface area contributed by atoms with Crippen LogP contribution in [0.25, 0.3) is 0 Å². The van der Waals surface area contributed by atoms with Gasteiger partial charge in [-0.2, -0.15) is 0 Å². The second-order valence-corrected chi connectivity index (χ2v) is 7.04. The Morgan fingerprint density at radius 2 is 2.09 bits per heavy atom. The number of likely N-dealkylation sites (tertiary alicyclic amines) is 1. The van der Waals surface area contributed by atoms with Crippen molar-refractivity contribution in [2.45, 2.75) is 36.6 Å². The maximum Gasteiger partial charge on any atom is 0.223 e. The minimum atomic E-state index is 0.227. The number of amides is 1. The highest BCUT2D eigenvalue weighted by molar-refractivity contribution is 7.99. The summed E-state index contributed by atoms with van der Waals surface area (Å²) >= 11 is 1.68. The zero-order chi connectivity index (χ0) is 16.1. The highest BCUT2D eigenvalue weighted by Crippen LogP contribution is 2.34. The number of hydrogen-bond acceptors (Lipinski definition) is 5. The smallest absolute Gasteiger partial charge is 0.223 e. The number of thioether (sulfide) groups is 1. The molecule has 2 aliphatic heterocycles. The van der Waals surface area contributed by atoms with Gasteiger partial charge in [0, 0.05) is 36.2 Å². The van der Waals surface area contributed by atoms with Crippen molar-refractivity contribution >= 4 is 17.7 Å². The summed E-state index contributed by atoms with van der Waals surface area (Å²) in [5, 5.41) is 0. The molecule has 1 aromatic rings.